The highest BCUT2D eigenvalue weighted by Gasteiger charge is 2.47. The summed E-state index contributed by atoms with van der Waals surface area (Å²) in [7, 11) is 0. The predicted molar refractivity (Wildman–Crippen MR) is 68.3 cm³/mol. The lowest BCUT2D eigenvalue weighted by Crippen LogP contribution is -2.18. The highest BCUT2D eigenvalue weighted by atomic mass is 14.5. The molecule has 1 aromatic rings. The number of hydrogen-bond acceptors (Lipinski definition) is 0. The van der Waals surface area contributed by atoms with E-state index in [1.54, 1.807) is 5.56 Å². The second-order valence-electron chi connectivity index (χ2n) is 5.96. The molecule has 0 saturated heterocycles. The van der Waals surface area contributed by atoms with Crippen molar-refractivity contribution in [3.63, 3.8) is 0 Å². The Bertz CT molecular complexity index is 354. The van der Waals surface area contributed by atoms with Gasteiger partial charge in [-0.3, -0.25) is 0 Å². The van der Waals surface area contributed by atoms with Crippen LogP contribution in [0.4, 0.5) is 0 Å². The molecule has 0 N–H and O–H groups in total. The van der Waals surface area contributed by atoms with E-state index in [-0.39, 0.29) is 0 Å². The molecule has 16 heavy (non-hydrogen) atoms. The molecular weight excluding hydrogens is 192 g/mol. The minimum Gasteiger partial charge on any atom is -0.0622 e. The Morgan fingerprint density at radius 1 is 1.12 bits per heavy atom. The van der Waals surface area contributed by atoms with Gasteiger partial charge in [0.05, 0.1) is 0 Å². The molecule has 0 aromatic heterocycles. The summed E-state index contributed by atoms with van der Waals surface area (Å²) in [5.74, 6) is 4.77. The zero-order chi connectivity index (χ0) is 11.1. The standard InChI is InChI=1S/C16H22/c1-11(13-6-4-3-5-7-13)16-10-14-8-9-15(16)12(14)2/h3-7,11-12,14-16H,8-10H2,1-2H3/t11-,12-,14?,15?,16+/m0/s1. The van der Waals surface area contributed by atoms with Crippen molar-refractivity contribution in [3.05, 3.63) is 35.9 Å². The number of benzene rings is 1. The summed E-state index contributed by atoms with van der Waals surface area (Å²) >= 11 is 0. The lowest BCUT2D eigenvalue weighted by atomic mass is 9.77. The molecule has 0 amide bonds. The van der Waals surface area contributed by atoms with Crippen molar-refractivity contribution >= 4 is 0 Å². The van der Waals surface area contributed by atoms with Crippen LogP contribution in [-0.2, 0) is 0 Å². The molecule has 0 aliphatic heterocycles. The summed E-state index contributed by atoms with van der Waals surface area (Å²) in [6.45, 7) is 4.92. The van der Waals surface area contributed by atoms with E-state index in [0.717, 1.165) is 29.6 Å². The molecule has 0 heterocycles. The molecular formula is C16H22. The normalized spacial score (nSPS) is 38.9. The van der Waals surface area contributed by atoms with E-state index in [0.29, 0.717) is 0 Å². The van der Waals surface area contributed by atoms with Gasteiger partial charge in [0.2, 0.25) is 0 Å². The van der Waals surface area contributed by atoms with Gasteiger partial charge >= 0.3 is 0 Å². The minimum absolute atomic E-state index is 0.763. The van der Waals surface area contributed by atoms with Gasteiger partial charge < -0.3 is 0 Å². The maximum Gasteiger partial charge on any atom is -0.0159 e. The minimum atomic E-state index is 0.763. The molecule has 0 heteroatoms. The molecule has 5 atom stereocenters. The topological polar surface area (TPSA) is 0 Å². The molecule has 2 aliphatic rings. The Morgan fingerprint density at radius 2 is 1.88 bits per heavy atom. The van der Waals surface area contributed by atoms with Crippen LogP contribution in [0.2, 0.25) is 0 Å². The Kier molecular flexibility index (Phi) is 2.53. The molecule has 2 unspecified atom stereocenters. The van der Waals surface area contributed by atoms with Crippen LogP contribution >= 0.6 is 0 Å². The predicted octanol–water partition coefficient (Wildman–Crippen LogP) is 4.47. The molecule has 2 bridgehead atoms. The zero-order valence-corrected chi connectivity index (χ0v) is 10.4. The molecule has 86 valence electrons. The molecule has 2 fully saturated rings. The fraction of sp³-hybridized carbons (Fsp3) is 0.625. The van der Waals surface area contributed by atoms with Crippen LogP contribution in [0.1, 0.15) is 44.6 Å². The van der Waals surface area contributed by atoms with Crippen molar-refractivity contribution in [2.75, 3.05) is 0 Å². The zero-order valence-electron chi connectivity index (χ0n) is 10.4. The van der Waals surface area contributed by atoms with Gasteiger partial charge in [0, 0.05) is 0 Å². The first-order valence-corrected chi connectivity index (χ1v) is 6.82. The fourth-order valence-electron chi connectivity index (χ4n) is 4.32. The second kappa shape index (κ2) is 3.91. The van der Waals surface area contributed by atoms with E-state index in [1.807, 2.05) is 0 Å². The van der Waals surface area contributed by atoms with Gasteiger partial charge in [-0.05, 0) is 54.4 Å². The average molecular weight is 214 g/mol. The number of fused-ring (bicyclic) bond motifs is 2. The van der Waals surface area contributed by atoms with E-state index < -0.39 is 0 Å². The van der Waals surface area contributed by atoms with Crippen LogP contribution in [-0.4, -0.2) is 0 Å². The quantitative estimate of drug-likeness (QED) is 0.681. The largest absolute Gasteiger partial charge is 0.0622 e. The molecule has 3 rings (SSSR count). The number of rotatable bonds is 2. The van der Waals surface area contributed by atoms with E-state index >= 15 is 0 Å². The van der Waals surface area contributed by atoms with Gasteiger partial charge in [-0.25, -0.2) is 0 Å². The summed E-state index contributed by atoms with van der Waals surface area (Å²) in [6, 6.07) is 11.1. The third kappa shape index (κ3) is 1.50. The van der Waals surface area contributed by atoms with Crippen molar-refractivity contribution in [2.45, 2.75) is 39.0 Å². The SMILES string of the molecule is C[C@H]1C2CCC1[C@@H]([C@@H](C)c1ccccc1)C2. The Labute approximate surface area is 99.1 Å². The van der Waals surface area contributed by atoms with Crippen molar-refractivity contribution < 1.29 is 0 Å². The summed E-state index contributed by atoms with van der Waals surface area (Å²) < 4.78 is 0. The van der Waals surface area contributed by atoms with Gasteiger partial charge in [0.25, 0.3) is 0 Å². The molecule has 1 aromatic carbocycles. The average Bonchev–Trinajstić information content (AvgIpc) is 2.85. The first-order chi connectivity index (χ1) is 7.77. The highest BCUT2D eigenvalue weighted by molar-refractivity contribution is 5.21. The molecule has 0 nitrogen and oxygen atoms in total. The Hall–Kier alpha value is -0.780. The molecule has 2 aliphatic carbocycles. The van der Waals surface area contributed by atoms with Crippen LogP contribution in [0.3, 0.4) is 0 Å². The van der Waals surface area contributed by atoms with Crippen LogP contribution in [0, 0.1) is 23.7 Å². The smallest absolute Gasteiger partial charge is 0.0159 e. The maximum atomic E-state index is 2.49. The van der Waals surface area contributed by atoms with Crippen LogP contribution in [0.5, 0.6) is 0 Å². The van der Waals surface area contributed by atoms with Gasteiger partial charge in [0.15, 0.2) is 0 Å². The third-order valence-corrected chi connectivity index (χ3v) is 5.38. The monoisotopic (exact) mass is 214 g/mol. The van der Waals surface area contributed by atoms with Gasteiger partial charge in [-0.15, -0.1) is 0 Å². The van der Waals surface area contributed by atoms with Gasteiger partial charge in [-0.1, -0.05) is 44.2 Å². The van der Waals surface area contributed by atoms with E-state index in [2.05, 4.69) is 44.2 Å². The van der Waals surface area contributed by atoms with Crippen LogP contribution in [0.15, 0.2) is 30.3 Å². The Balaban J connectivity index is 1.80. The summed E-state index contributed by atoms with van der Waals surface area (Å²) in [6.07, 6.45) is 4.49. The van der Waals surface area contributed by atoms with Crippen LogP contribution in [0.25, 0.3) is 0 Å². The first kappa shape index (κ1) is 10.4. The lowest BCUT2D eigenvalue weighted by molar-refractivity contribution is 0.282. The van der Waals surface area contributed by atoms with Gasteiger partial charge in [-0.2, -0.15) is 0 Å². The van der Waals surface area contributed by atoms with Crippen molar-refractivity contribution in [1.29, 1.82) is 0 Å². The van der Waals surface area contributed by atoms with Crippen LogP contribution < -0.4 is 0 Å². The third-order valence-electron chi connectivity index (χ3n) is 5.38. The summed E-state index contributed by atoms with van der Waals surface area (Å²) in [5.41, 5.74) is 1.55. The van der Waals surface area contributed by atoms with Crippen molar-refractivity contribution in [3.8, 4) is 0 Å². The van der Waals surface area contributed by atoms with Crippen molar-refractivity contribution in [2.24, 2.45) is 23.7 Å². The lowest BCUT2D eigenvalue weighted by Gasteiger charge is -2.28. The first-order valence-electron chi connectivity index (χ1n) is 6.82. The van der Waals surface area contributed by atoms with E-state index in [9.17, 15) is 0 Å². The molecule has 0 radical (unpaired) electrons. The highest BCUT2D eigenvalue weighted by Crippen LogP contribution is 2.56. The van der Waals surface area contributed by atoms with E-state index in [1.165, 1.54) is 19.3 Å². The maximum absolute atomic E-state index is 2.49. The van der Waals surface area contributed by atoms with Gasteiger partial charge in [0.1, 0.15) is 0 Å². The summed E-state index contributed by atoms with van der Waals surface area (Å²) in [4.78, 5) is 0. The Morgan fingerprint density at radius 3 is 2.44 bits per heavy atom. The van der Waals surface area contributed by atoms with Crippen molar-refractivity contribution in [1.82, 2.24) is 0 Å². The molecule has 0 spiro atoms. The summed E-state index contributed by atoms with van der Waals surface area (Å²) in [5, 5.41) is 0. The second-order valence-corrected chi connectivity index (χ2v) is 5.96. The molecule has 2 saturated carbocycles. The van der Waals surface area contributed by atoms with E-state index in [4.69, 9.17) is 0 Å². The fourth-order valence-corrected chi connectivity index (χ4v) is 4.32. The number of hydrogen-bond donors (Lipinski definition) is 0.